The monoisotopic (exact) mass is 454 g/mol. The molecule has 0 saturated heterocycles. The van der Waals surface area contributed by atoms with Crippen molar-refractivity contribution in [1.82, 2.24) is 0 Å². The molecule has 2 heterocycles. The third kappa shape index (κ3) is 5.59. The highest BCUT2D eigenvalue weighted by Crippen LogP contribution is 2.35. The maximum absolute atomic E-state index is 13.2. The maximum Gasteiger partial charge on any atom is 0.237 e. The van der Waals surface area contributed by atoms with E-state index in [2.05, 4.69) is 5.32 Å². The largest absolute Gasteiger partial charge is 0.486 e. The number of nitrogens with one attached hydrogen (secondary N) is 1. The Morgan fingerprint density at radius 3 is 2.55 bits per heavy atom. The van der Waals surface area contributed by atoms with E-state index < -0.39 is 0 Å². The van der Waals surface area contributed by atoms with Crippen LogP contribution in [0.2, 0.25) is 0 Å². The number of anilines is 2. The number of fused-ring (bicyclic) bond motifs is 1. The van der Waals surface area contributed by atoms with Gasteiger partial charge in [0.25, 0.3) is 0 Å². The number of hydrogen-bond donors (Lipinski definition) is 1. The molecule has 1 aromatic heterocycles. The van der Waals surface area contributed by atoms with Gasteiger partial charge in [0.1, 0.15) is 13.2 Å². The molecule has 1 aliphatic rings. The summed E-state index contributed by atoms with van der Waals surface area (Å²) in [7, 11) is 0. The van der Waals surface area contributed by atoms with Crippen LogP contribution in [-0.4, -0.2) is 30.8 Å². The lowest BCUT2D eigenvalue weighted by molar-refractivity contribution is -0.116. The molecule has 0 spiro atoms. The van der Waals surface area contributed by atoms with E-state index in [1.807, 2.05) is 60.0 Å². The van der Waals surface area contributed by atoms with Crippen LogP contribution in [0.4, 0.5) is 11.4 Å². The van der Waals surface area contributed by atoms with Crippen molar-refractivity contribution >= 4 is 46.3 Å². The number of rotatable bonds is 7. The molecule has 0 fully saturated rings. The second-order valence-corrected chi connectivity index (χ2v) is 8.96. The summed E-state index contributed by atoms with van der Waals surface area (Å²) in [6.07, 6.45) is 0. The van der Waals surface area contributed by atoms with Crippen molar-refractivity contribution in [1.29, 1.82) is 0 Å². The Bertz CT molecular complexity index is 1050. The molecule has 0 unspecified atom stereocenters. The minimum atomic E-state index is -0.112. The first-order valence-electron chi connectivity index (χ1n) is 9.81. The molecule has 1 aliphatic heterocycles. The molecule has 160 valence electrons. The van der Waals surface area contributed by atoms with Crippen LogP contribution < -0.4 is 19.7 Å². The third-order valence-electron chi connectivity index (χ3n) is 4.57. The molecule has 0 atom stereocenters. The number of carbonyl (C=O) groups is 2. The Kier molecular flexibility index (Phi) is 6.79. The van der Waals surface area contributed by atoms with E-state index in [9.17, 15) is 9.59 Å². The van der Waals surface area contributed by atoms with Gasteiger partial charge >= 0.3 is 0 Å². The summed E-state index contributed by atoms with van der Waals surface area (Å²) >= 11 is 3.09. The third-order valence-corrected chi connectivity index (χ3v) is 6.43. The van der Waals surface area contributed by atoms with Gasteiger partial charge in [-0.1, -0.05) is 6.07 Å². The van der Waals surface area contributed by atoms with Crippen molar-refractivity contribution in [2.75, 3.05) is 29.2 Å². The first-order chi connectivity index (χ1) is 15.1. The smallest absolute Gasteiger partial charge is 0.237 e. The summed E-state index contributed by atoms with van der Waals surface area (Å²) in [5, 5.41) is 4.75. The Labute approximate surface area is 189 Å². The van der Waals surface area contributed by atoms with E-state index in [1.54, 1.807) is 16.2 Å². The van der Waals surface area contributed by atoms with Crippen LogP contribution in [0, 0.1) is 0 Å². The normalized spacial score (nSPS) is 12.3. The van der Waals surface area contributed by atoms with Crippen LogP contribution in [0.3, 0.4) is 0 Å². The van der Waals surface area contributed by atoms with Gasteiger partial charge < -0.3 is 19.7 Å². The highest BCUT2D eigenvalue weighted by Gasteiger charge is 2.20. The molecule has 0 radical (unpaired) electrons. The lowest BCUT2D eigenvalue weighted by Gasteiger charge is -2.25. The van der Waals surface area contributed by atoms with Crippen molar-refractivity contribution < 1.29 is 19.1 Å². The van der Waals surface area contributed by atoms with Crippen LogP contribution in [0.25, 0.3) is 0 Å². The average molecular weight is 455 g/mol. The quantitative estimate of drug-likeness (QED) is 0.519. The maximum atomic E-state index is 13.2. The topological polar surface area (TPSA) is 67.9 Å². The number of ether oxygens (including phenoxy) is 2. The fourth-order valence-corrected chi connectivity index (χ4v) is 4.61. The van der Waals surface area contributed by atoms with Gasteiger partial charge in [0.15, 0.2) is 11.5 Å². The molecule has 3 aromatic rings. The number of amides is 2. The van der Waals surface area contributed by atoms with E-state index >= 15 is 0 Å². The number of benzene rings is 2. The molecule has 0 bridgehead atoms. The number of nitrogens with zero attached hydrogens (tertiary/aromatic N) is 1. The summed E-state index contributed by atoms with van der Waals surface area (Å²) in [5.74, 6) is 1.54. The molecule has 6 nitrogen and oxygen atoms in total. The second kappa shape index (κ2) is 9.89. The number of thiophene rings is 1. The minimum Gasteiger partial charge on any atom is -0.486 e. The SMILES string of the molecule is CC(=O)Nc1ccc(SCC(=O)N(Cc2cccs2)c2ccc3c(c2)OCCO3)cc1. The lowest BCUT2D eigenvalue weighted by Crippen LogP contribution is -2.31. The fraction of sp³-hybridized carbons (Fsp3) is 0.217. The molecule has 8 heteroatoms. The Balaban J connectivity index is 1.48. The van der Waals surface area contributed by atoms with Gasteiger partial charge in [-0.3, -0.25) is 9.59 Å². The predicted octanol–water partition coefficient (Wildman–Crippen LogP) is 4.80. The molecule has 0 aliphatic carbocycles. The molecular formula is C23H22N2O4S2. The van der Waals surface area contributed by atoms with Gasteiger partial charge in [0.05, 0.1) is 12.3 Å². The van der Waals surface area contributed by atoms with Crippen LogP contribution in [0.1, 0.15) is 11.8 Å². The zero-order valence-electron chi connectivity index (χ0n) is 17.0. The molecule has 4 rings (SSSR count). The van der Waals surface area contributed by atoms with E-state index in [-0.39, 0.29) is 11.8 Å². The predicted molar refractivity (Wildman–Crippen MR) is 124 cm³/mol. The van der Waals surface area contributed by atoms with E-state index in [0.29, 0.717) is 37.0 Å². The first-order valence-corrected chi connectivity index (χ1v) is 11.7. The molecule has 31 heavy (non-hydrogen) atoms. The zero-order chi connectivity index (χ0) is 21.6. The van der Waals surface area contributed by atoms with Crippen molar-refractivity contribution in [3.63, 3.8) is 0 Å². The summed E-state index contributed by atoms with van der Waals surface area (Å²) < 4.78 is 11.3. The van der Waals surface area contributed by atoms with Gasteiger partial charge in [0.2, 0.25) is 11.8 Å². The van der Waals surface area contributed by atoms with Crippen LogP contribution in [0.15, 0.2) is 64.9 Å². The number of thioether (sulfide) groups is 1. The molecule has 0 saturated carbocycles. The Hall–Kier alpha value is -2.97. The van der Waals surface area contributed by atoms with E-state index in [0.717, 1.165) is 21.1 Å². The molecule has 2 aromatic carbocycles. The van der Waals surface area contributed by atoms with Gasteiger partial charge in [0, 0.05) is 34.1 Å². The van der Waals surface area contributed by atoms with Crippen molar-refractivity contribution in [3.8, 4) is 11.5 Å². The first kappa shape index (κ1) is 21.3. The van der Waals surface area contributed by atoms with Gasteiger partial charge in [-0.15, -0.1) is 23.1 Å². The van der Waals surface area contributed by atoms with Gasteiger partial charge in [-0.25, -0.2) is 0 Å². The van der Waals surface area contributed by atoms with Gasteiger partial charge in [-0.2, -0.15) is 0 Å². The average Bonchev–Trinajstić information content (AvgIpc) is 3.29. The minimum absolute atomic E-state index is 0.000940. The highest BCUT2D eigenvalue weighted by atomic mass is 32.2. The Morgan fingerprint density at radius 1 is 1.06 bits per heavy atom. The number of hydrogen-bond acceptors (Lipinski definition) is 6. The number of carbonyl (C=O) groups excluding carboxylic acids is 2. The fourth-order valence-electron chi connectivity index (χ4n) is 3.14. The van der Waals surface area contributed by atoms with Gasteiger partial charge in [-0.05, 0) is 47.8 Å². The van der Waals surface area contributed by atoms with Crippen molar-refractivity contribution in [3.05, 3.63) is 64.9 Å². The molecular weight excluding hydrogens is 432 g/mol. The second-order valence-electron chi connectivity index (χ2n) is 6.88. The van der Waals surface area contributed by atoms with E-state index in [1.165, 1.54) is 18.7 Å². The van der Waals surface area contributed by atoms with E-state index in [4.69, 9.17) is 9.47 Å². The summed E-state index contributed by atoms with van der Waals surface area (Å²) in [4.78, 5) is 28.2. The highest BCUT2D eigenvalue weighted by molar-refractivity contribution is 8.00. The molecule has 1 N–H and O–H groups in total. The van der Waals surface area contributed by atoms with Crippen LogP contribution in [-0.2, 0) is 16.1 Å². The summed E-state index contributed by atoms with van der Waals surface area (Å²) in [6, 6.07) is 17.1. The van der Waals surface area contributed by atoms with Crippen molar-refractivity contribution in [2.24, 2.45) is 0 Å². The summed E-state index contributed by atoms with van der Waals surface area (Å²) in [5.41, 5.74) is 1.52. The summed E-state index contributed by atoms with van der Waals surface area (Å²) in [6.45, 7) is 3.00. The van der Waals surface area contributed by atoms with Crippen LogP contribution >= 0.6 is 23.1 Å². The lowest BCUT2D eigenvalue weighted by atomic mass is 10.2. The van der Waals surface area contributed by atoms with Crippen molar-refractivity contribution in [2.45, 2.75) is 18.4 Å². The Morgan fingerprint density at radius 2 is 1.84 bits per heavy atom. The molecule has 2 amide bonds. The standard InChI is InChI=1S/C23H22N2O4S2/c1-16(26)24-17-4-7-19(8-5-17)31-15-23(27)25(14-20-3-2-12-30-20)18-6-9-21-22(13-18)29-11-10-28-21/h2-9,12-13H,10-11,14-15H2,1H3,(H,24,26). The zero-order valence-corrected chi connectivity index (χ0v) is 18.6. The van der Waals surface area contributed by atoms with Crippen LogP contribution in [0.5, 0.6) is 11.5 Å².